The van der Waals surface area contributed by atoms with Gasteiger partial charge in [0.1, 0.15) is 0 Å². The Bertz CT molecular complexity index is 544. The van der Waals surface area contributed by atoms with Crippen molar-refractivity contribution in [2.24, 2.45) is 0 Å². The lowest BCUT2D eigenvalue weighted by molar-refractivity contribution is 0.320. The standard InChI is InChI=1S/C18H24N4/c1-2-5-16(6-3-1)14-22-12-8-18(15-22)21-11-10-20-17-7-4-9-19-13-17/h1-7,9,13,18,20-21H,8,10-12,14-15H2. The topological polar surface area (TPSA) is 40.2 Å². The van der Waals surface area contributed by atoms with Crippen LogP contribution in [0, 0.1) is 0 Å². The van der Waals surface area contributed by atoms with Crippen LogP contribution in [0.15, 0.2) is 54.9 Å². The van der Waals surface area contributed by atoms with Crippen LogP contribution in [0.5, 0.6) is 0 Å². The summed E-state index contributed by atoms with van der Waals surface area (Å²) in [6.07, 6.45) is 4.89. The van der Waals surface area contributed by atoms with Gasteiger partial charge in [0.15, 0.2) is 0 Å². The third kappa shape index (κ3) is 4.55. The van der Waals surface area contributed by atoms with Crippen LogP contribution in [0.25, 0.3) is 0 Å². The van der Waals surface area contributed by atoms with E-state index in [9.17, 15) is 0 Å². The van der Waals surface area contributed by atoms with E-state index in [1.54, 1.807) is 6.20 Å². The molecule has 0 spiro atoms. The minimum Gasteiger partial charge on any atom is -0.383 e. The predicted octanol–water partition coefficient (Wildman–Crippen LogP) is 2.36. The second-order valence-corrected chi connectivity index (χ2v) is 5.83. The Morgan fingerprint density at radius 2 is 2.00 bits per heavy atom. The summed E-state index contributed by atoms with van der Waals surface area (Å²) < 4.78 is 0. The molecule has 0 saturated carbocycles. The molecule has 22 heavy (non-hydrogen) atoms. The molecule has 0 bridgehead atoms. The number of nitrogens with zero attached hydrogens (tertiary/aromatic N) is 2. The molecule has 3 rings (SSSR count). The predicted molar refractivity (Wildman–Crippen MR) is 90.9 cm³/mol. The zero-order chi connectivity index (χ0) is 15.0. The first kappa shape index (κ1) is 15.0. The van der Waals surface area contributed by atoms with Crippen LogP contribution in [0.4, 0.5) is 5.69 Å². The number of rotatable bonds is 7. The summed E-state index contributed by atoms with van der Waals surface area (Å²) in [6, 6.07) is 15.3. The number of hydrogen-bond donors (Lipinski definition) is 2. The van der Waals surface area contributed by atoms with Crippen molar-refractivity contribution in [3.8, 4) is 0 Å². The van der Waals surface area contributed by atoms with Gasteiger partial charge in [0.2, 0.25) is 0 Å². The van der Waals surface area contributed by atoms with Gasteiger partial charge in [-0.25, -0.2) is 0 Å². The first-order valence-electron chi connectivity index (χ1n) is 8.04. The van der Waals surface area contributed by atoms with Gasteiger partial charge in [-0.3, -0.25) is 9.88 Å². The second-order valence-electron chi connectivity index (χ2n) is 5.83. The largest absolute Gasteiger partial charge is 0.383 e. The highest BCUT2D eigenvalue weighted by atomic mass is 15.2. The van der Waals surface area contributed by atoms with Gasteiger partial charge < -0.3 is 10.6 Å². The SMILES string of the molecule is c1ccc(CN2CCC(NCCNc3cccnc3)C2)cc1. The van der Waals surface area contributed by atoms with Crippen LogP contribution in [0.2, 0.25) is 0 Å². The van der Waals surface area contributed by atoms with Gasteiger partial charge >= 0.3 is 0 Å². The van der Waals surface area contributed by atoms with Crippen LogP contribution < -0.4 is 10.6 Å². The third-order valence-corrected chi connectivity index (χ3v) is 4.07. The van der Waals surface area contributed by atoms with E-state index < -0.39 is 0 Å². The first-order valence-corrected chi connectivity index (χ1v) is 8.04. The van der Waals surface area contributed by atoms with Crippen LogP contribution >= 0.6 is 0 Å². The maximum atomic E-state index is 4.10. The number of aromatic nitrogens is 1. The van der Waals surface area contributed by atoms with E-state index in [0.29, 0.717) is 6.04 Å². The fourth-order valence-electron chi connectivity index (χ4n) is 2.93. The summed E-state index contributed by atoms with van der Waals surface area (Å²) in [6.45, 7) is 5.30. The van der Waals surface area contributed by atoms with Crippen molar-refractivity contribution in [2.45, 2.75) is 19.0 Å². The highest BCUT2D eigenvalue weighted by molar-refractivity contribution is 5.39. The van der Waals surface area contributed by atoms with Gasteiger partial charge in [-0.2, -0.15) is 0 Å². The van der Waals surface area contributed by atoms with Crippen molar-refractivity contribution in [3.63, 3.8) is 0 Å². The number of likely N-dealkylation sites (tertiary alicyclic amines) is 1. The van der Waals surface area contributed by atoms with Gasteiger partial charge in [-0.05, 0) is 24.1 Å². The van der Waals surface area contributed by atoms with Gasteiger partial charge in [0.25, 0.3) is 0 Å². The lowest BCUT2D eigenvalue weighted by Gasteiger charge is -2.17. The highest BCUT2D eigenvalue weighted by Gasteiger charge is 2.21. The minimum atomic E-state index is 0.611. The van der Waals surface area contributed by atoms with E-state index in [1.165, 1.54) is 18.5 Å². The number of hydrogen-bond acceptors (Lipinski definition) is 4. The summed E-state index contributed by atoms with van der Waals surface area (Å²) in [5.41, 5.74) is 2.49. The van der Waals surface area contributed by atoms with E-state index >= 15 is 0 Å². The van der Waals surface area contributed by atoms with Gasteiger partial charge in [0.05, 0.1) is 5.69 Å². The number of pyridine rings is 1. The lowest BCUT2D eigenvalue weighted by atomic mass is 10.2. The van der Waals surface area contributed by atoms with E-state index in [4.69, 9.17) is 0 Å². The monoisotopic (exact) mass is 296 g/mol. The number of anilines is 1. The minimum absolute atomic E-state index is 0.611. The maximum Gasteiger partial charge on any atom is 0.0527 e. The molecular weight excluding hydrogens is 272 g/mol. The normalized spacial score (nSPS) is 18.5. The molecule has 1 saturated heterocycles. The van der Waals surface area contributed by atoms with Crippen molar-refractivity contribution < 1.29 is 0 Å². The average molecular weight is 296 g/mol. The molecule has 2 N–H and O–H groups in total. The van der Waals surface area contributed by atoms with Crippen molar-refractivity contribution in [3.05, 3.63) is 60.4 Å². The Balaban J connectivity index is 1.33. The third-order valence-electron chi connectivity index (χ3n) is 4.07. The summed E-state index contributed by atoms with van der Waals surface area (Å²) in [5.74, 6) is 0. The molecule has 2 heterocycles. The Kier molecular flexibility index (Phi) is 5.40. The first-order chi connectivity index (χ1) is 10.9. The van der Waals surface area contributed by atoms with Crippen LogP contribution in [-0.2, 0) is 6.54 Å². The summed E-state index contributed by atoms with van der Waals surface area (Å²) in [5, 5.41) is 7.02. The van der Waals surface area contributed by atoms with Crippen LogP contribution in [0.1, 0.15) is 12.0 Å². The fourth-order valence-corrected chi connectivity index (χ4v) is 2.93. The van der Waals surface area contributed by atoms with Gasteiger partial charge in [-0.1, -0.05) is 30.3 Å². The molecule has 1 atom stereocenters. The molecule has 1 aromatic heterocycles. The Hall–Kier alpha value is -1.91. The number of benzene rings is 1. The molecule has 4 heteroatoms. The maximum absolute atomic E-state index is 4.10. The Morgan fingerprint density at radius 3 is 2.82 bits per heavy atom. The molecule has 1 fully saturated rings. The molecule has 1 aliphatic heterocycles. The zero-order valence-corrected chi connectivity index (χ0v) is 12.9. The number of nitrogens with one attached hydrogen (secondary N) is 2. The van der Waals surface area contributed by atoms with Gasteiger partial charge in [-0.15, -0.1) is 0 Å². The average Bonchev–Trinajstić information content (AvgIpc) is 3.01. The molecule has 0 radical (unpaired) electrons. The van der Waals surface area contributed by atoms with Crippen molar-refractivity contribution >= 4 is 5.69 Å². The molecule has 0 amide bonds. The highest BCUT2D eigenvalue weighted by Crippen LogP contribution is 2.13. The van der Waals surface area contributed by atoms with E-state index in [0.717, 1.165) is 31.9 Å². The van der Waals surface area contributed by atoms with E-state index in [1.807, 2.05) is 18.3 Å². The van der Waals surface area contributed by atoms with Crippen molar-refractivity contribution in [2.75, 3.05) is 31.5 Å². The molecule has 116 valence electrons. The molecular formula is C18H24N4. The molecule has 1 aromatic carbocycles. The molecule has 0 aliphatic carbocycles. The summed E-state index contributed by atoms with van der Waals surface area (Å²) in [7, 11) is 0. The van der Waals surface area contributed by atoms with Crippen LogP contribution in [0.3, 0.4) is 0 Å². The lowest BCUT2D eigenvalue weighted by Crippen LogP contribution is -2.35. The zero-order valence-electron chi connectivity index (χ0n) is 12.9. The molecule has 2 aromatic rings. The fraction of sp³-hybridized carbons (Fsp3) is 0.389. The quantitative estimate of drug-likeness (QED) is 0.770. The van der Waals surface area contributed by atoms with Crippen molar-refractivity contribution in [1.29, 1.82) is 0 Å². The van der Waals surface area contributed by atoms with Crippen molar-refractivity contribution in [1.82, 2.24) is 15.2 Å². The Morgan fingerprint density at radius 1 is 1.09 bits per heavy atom. The molecule has 4 nitrogen and oxygen atoms in total. The van der Waals surface area contributed by atoms with Gasteiger partial charge in [0, 0.05) is 51.2 Å². The second kappa shape index (κ2) is 7.92. The summed E-state index contributed by atoms with van der Waals surface area (Å²) >= 11 is 0. The smallest absolute Gasteiger partial charge is 0.0527 e. The molecule has 1 aliphatic rings. The van der Waals surface area contributed by atoms with E-state index in [-0.39, 0.29) is 0 Å². The van der Waals surface area contributed by atoms with E-state index in [2.05, 4.69) is 50.8 Å². The van der Waals surface area contributed by atoms with Crippen LogP contribution in [-0.4, -0.2) is 42.1 Å². The Labute approximate surface area is 132 Å². The molecule has 1 unspecified atom stereocenters. The summed E-state index contributed by atoms with van der Waals surface area (Å²) in [4.78, 5) is 6.63.